The number of amides is 1. The Bertz CT molecular complexity index is 309. The van der Waals surface area contributed by atoms with Crippen LogP contribution in [0.3, 0.4) is 0 Å². The average molecular weight is 268 g/mol. The van der Waals surface area contributed by atoms with Gasteiger partial charge in [-0.25, -0.2) is 0 Å². The molecule has 2 heterocycles. The van der Waals surface area contributed by atoms with Crippen LogP contribution in [0.2, 0.25) is 0 Å². The second kappa shape index (κ2) is 5.41. The summed E-state index contributed by atoms with van der Waals surface area (Å²) in [5, 5.41) is 0. The third-order valence-corrected chi connectivity index (χ3v) is 6.29. The van der Waals surface area contributed by atoms with Gasteiger partial charge in [0.1, 0.15) is 0 Å². The van der Waals surface area contributed by atoms with E-state index >= 15 is 0 Å². The van der Waals surface area contributed by atoms with Crippen LogP contribution in [0.5, 0.6) is 0 Å². The zero-order valence-electron chi connectivity index (χ0n) is 11.2. The Kier molecular flexibility index (Phi) is 3.85. The Morgan fingerprint density at radius 1 is 1.00 bits per heavy atom. The van der Waals surface area contributed by atoms with Crippen molar-refractivity contribution in [1.82, 2.24) is 9.80 Å². The van der Waals surface area contributed by atoms with Crippen molar-refractivity contribution in [2.75, 3.05) is 31.9 Å². The lowest BCUT2D eigenvalue weighted by Crippen LogP contribution is -2.48. The van der Waals surface area contributed by atoms with Gasteiger partial charge in [-0.1, -0.05) is 19.3 Å². The van der Waals surface area contributed by atoms with E-state index in [2.05, 4.69) is 9.80 Å². The summed E-state index contributed by atoms with van der Waals surface area (Å²) in [7, 11) is 0. The van der Waals surface area contributed by atoms with Gasteiger partial charge in [0, 0.05) is 13.1 Å². The van der Waals surface area contributed by atoms with E-state index in [0.29, 0.717) is 5.91 Å². The molecular weight excluding hydrogens is 244 g/mol. The van der Waals surface area contributed by atoms with Gasteiger partial charge >= 0.3 is 0 Å². The van der Waals surface area contributed by atoms with E-state index in [0.717, 1.165) is 18.8 Å². The monoisotopic (exact) mass is 268 g/mol. The van der Waals surface area contributed by atoms with Gasteiger partial charge in [0.05, 0.1) is 10.6 Å². The largest absolute Gasteiger partial charge is 0.326 e. The average Bonchev–Trinajstić information content (AvgIpc) is 2.99. The van der Waals surface area contributed by atoms with Gasteiger partial charge in [-0.05, 0) is 38.8 Å². The topological polar surface area (TPSA) is 23.6 Å². The highest BCUT2D eigenvalue weighted by atomic mass is 32.2. The van der Waals surface area contributed by atoms with Crippen molar-refractivity contribution in [3.05, 3.63) is 0 Å². The van der Waals surface area contributed by atoms with E-state index in [1.54, 1.807) is 0 Å². The molecule has 18 heavy (non-hydrogen) atoms. The molecule has 3 rings (SSSR count). The molecule has 0 atom stereocenters. The van der Waals surface area contributed by atoms with Crippen LogP contribution in [0.1, 0.15) is 44.9 Å². The van der Waals surface area contributed by atoms with Gasteiger partial charge in [-0.15, -0.1) is 11.8 Å². The molecule has 3 fully saturated rings. The SMILES string of the molecule is O=C1CSC2(CCCCC2)N1CCN1CCCC1. The van der Waals surface area contributed by atoms with E-state index in [1.165, 1.54) is 58.0 Å². The molecule has 0 unspecified atom stereocenters. The zero-order valence-corrected chi connectivity index (χ0v) is 12.0. The molecule has 2 saturated heterocycles. The molecule has 0 bridgehead atoms. The normalized spacial score (nSPS) is 28.4. The maximum atomic E-state index is 12.1. The highest BCUT2D eigenvalue weighted by molar-refractivity contribution is 8.01. The molecule has 0 N–H and O–H groups in total. The van der Waals surface area contributed by atoms with Crippen LogP contribution < -0.4 is 0 Å². The van der Waals surface area contributed by atoms with E-state index in [1.807, 2.05) is 11.8 Å². The summed E-state index contributed by atoms with van der Waals surface area (Å²) >= 11 is 1.92. The van der Waals surface area contributed by atoms with Crippen LogP contribution in [-0.2, 0) is 4.79 Å². The van der Waals surface area contributed by atoms with Crippen molar-refractivity contribution in [3.8, 4) is 0 Å². The molecule has 1 saturated carbocycles. The lowest BCUT2D eigenvalue weighted by molar-refractivity contribution is -0.131. The number of hydrogen-bond donors (Lipinski definition) is 0. The van der Waals surface area contributed by atoms with Gasteiger partial charge in [-0.2, -0.15) is 0 Å². The lowest BCUT2D eigenvalue weighted by Gasteiger charge is -2.41. The quantitative estimate of drug-likeness (QED) is 0.785. The van der Waals surface area contributed by atoms with Crippen molar-refractivity contribution >= 4 is 17.7 Å². The maximum absolute atomic E-state index is 12.1. The standard InChI is InChI=1S/C14H24N2OS/c17-13-12-18-14(6-2-1-3-7-14)16(13)11-10-15-8-4-5-9-15/h1-12H2. The number of likely N-dealkylation sites (tertiary alicyclic amines) is 1. The summed E-state index contributed by atoms with van der Waals surface area (Å²) in [4.78, 5) is 17.1. The van der Waals surface area contributed by atoms with Gasteiger partial charge in [0.25, 0.3) is 0 Å². The molecular formula is C14H24N2OS. The number of nitrogens with zero attached hydrogens (tertiary/aromatic N) is 2. The van der Waals surface area contributed by atoms with Crippen LogP contribution >= 0.6 is 11.8 Å². The maximum Gasteiger partial charge on any atom is 0.233 e. The second-order valence-corrected chi connectivity index (χ2v) is 7.23. The van der Waals surface area contributed by atoms with Crippen LogP contribution in [0.25, 0.3) is 0 Å². The smallest absolute Gasteiger partial charge is 0.233 e. The number of carbonyl (C=O) groups is 1. The fraction of sp³-hybridized carbons (Fsp3) is 0.929. The first-order valence-corrected chi connectivity index (χ1v) is 8.46. The zero-order chi connectivity index (χ0) is 12.4. The molecule has 0 aromatic carbocycles. The number of hydrogen-bond acceptors (Lipinski definition) is 3. The highest BCUT2D eigenvalue weighted by Gasteiger charge is 2.46. The summed E-state index contributed by atoms with van der Waals surface area (Å²) in [6.45, 7) is 4.53. The van der Waals surface area contributed by atoms with E-state index in [4.69, 9.17) is 0 Å². The minimum atomic E-state index is 0.190. The number of carbonyl (C=O) groups excluding carboxylic acids is 1. The molecule has 1 aliphatic carbocycles. The third kappa shape index (κ3) is 2.42. The molecule has 1 amide bonds. The number of rotatable bonds is 3. The molecule has 4 heteroatoms. The van der Waals surface area contributed by atoms with Gasteiger partial charge in [0.2, 0.25) is 5.91 Å². The summed E-state index contributed by atoms with van der Waals surface area (Å²) in [6.07, 6.45) is 9.10. The first kappa shape index (κ1) is 12.8. The minimum absolute atomic E-state index is 0.190. The summed E-state index contributed by atoms with van der Waals surface area (Å²) in [5.41, 5.74) is 0. The van der Waals surface area contributed by atoms with Gasteiger partial charge in [0.15, 0.2) is 0 Å². The molecule has 3 aliphatic rings. The Hall–Kier alpha value is -0.220. The Labute approximate surface area is 114 Å². The summed E-state index contributed by atoms with van der Waals surface area (Å²) < 4.78 is 0. The van der Waals surface area contributed by atoms with Gasteiger partial charge in [-0.3, -0.25) is 4.79 Å². The van der Waals surface area contributed by atoms with E-state index < -0.39 is 0 Å². The first-order chi connectivity index (χ1) is 8.80. The Morgan fingerprint density at radius 3 is 2.44 bits per heavy atom. The van der Waals surface area contributed by atoms with Crippen LogP contribution in [-0.4, -0.2) is 52.5 Å². The second-order valence-electron chi connectivity index (χ2n) is 5.89. The van der Waals surface area contributed by atoms with Crippen molar-refractivity contribution < 1.29 is 4.79 Å². The fourth-order valence-electron chi connectivity index (χ4n) is 3.67. The van der Waals surface area contributed by atoms with Crippen molar-refractivity contribution in [1.29, 1.82) is 0 Å². The van der Waals surface area contributed by atoms with E-state index in [9.17, 15) is 4.79 Å². The highest BCUT2D eigenvalue weighted by Crippen LogP contribution is 2.46. The molecule has 1 spiro atoms. The Morgan fingerprint density at radius 2 is 1.72 bits per heavy atom. The Balaban J connectivity index is 1.61. The van der Waals surface area contributed by atoms with Crippen molar-refractivity contribution in [3.63, 3.8) is 0 Å². The predicted molar refractivity (Wildman–Crippen MR) is 75.7 cm³/mol. The van der Waals surface area contributed by atoms with Crippen molar-refractivity contribution in [2.45, 2.75) is 49.8 Å². The minimum Gasteiger partial charge on any atom is -0.326 e. The van der Waals surface area contributed by atoms with Gasteiger partial charge < -0.3 is 9.80 Å². The predicted octanol–water partition coefficient (Wildman–Crippen LogP) is 2.32. The van der Waals surface area contributed by atoms with E-state index in [-0.39, 0.29) is 4.87 Å². The fourth-order valence-corrected chi connectivity index (χ4v) is 5.15. The first-order valence-electron chi connectivity index (χ1n) is 7.47. The summed E-state index contributed by atoms with van der Waals surface area (Å²) in [6, 6.07) is 0. The molecule has 3 nitrogen and oxygen atoms in total. The van der Waals surface area contributed by atoms with Crippen LogP contribution in [0.4, 0.5) is 0 Å². The third-order valence-electron chi connectivity index (χ3n) is 4.73. The lowest BCUT2D eigenvalue weighted by atomic mass is 9.93. The summed E-state index contributed by atoms with van der Waals surface area (Å²) in [5.74, 6) is 1.11. The molecule has 2 aliphatic heterocycles. The molecule has 0 aromatic heterocycles. The van der Waals surface area contributed by atoms with Crippen molar-refractivity contribution in [2.24, 2.45) is 0 Å². The van der Waals surface area contributed by atoms with Crippen LogP contribution in [0.15, 0.2) is 0 Å². The van der Waals surface area contributed by atoms with Crippen LogP contribution in [0, 0.1) is 0 Å². The molecule has 102 valence electrons. The molecule has 0 radical (unpaired) electrons. The molecule has 0 aromatic rings. The number of thioether (sulfide) groups is 1.